The number of halogens is 1. The lowest BCUT2D eigenvalue weighted by atomic mass is 9.92. The number of nitrogens with zero attached hydrogens (tertiary/aromatic N) is 2. The maximum atomic E-state index is 4.28. The highest BCUT2D eigenvalue weighted by Crippen LogP contribution is 2.25. The zero-order valence-electron chi connectivity index (χ0n) is 11.8. The Hall–Kier alpha value is -1.13. The van der Waals surface area contributed by atoms with E-state index in [9.17, 15) is 0 Å². The molecule has 1 fully saturated rings. The number of piperidine rings is 1. The maximum absolute atomic E-state index is 4.28. The summed E-state index contributed by atoms with van der Waals surface area (Å²) in [7, 11) is 0. The van der Waals surface area contributed by atoms with Crippen LogP contribution >= 0.6 is 15.9 Å². The number of rotatable bonds is 3. The third kappa shape index (κ3) is 2.96. The highest BCUT2D eigenvalue weighted by Gasteiger charge is 2.14. The Kier molecular flexibility index (Phi) is 4.22. The molecule has 1 atom stereocenters. The van der Waals surface area contributed by atoms with Gasteiger partial charge in [0.15, 0.2) is 0 Å². The topological polar surface area (TPSA) is 29.9 Å². The summed E-state index contributed by atoms with van der Waals surface area (Å²) in [5.41, 5.74) is 2.57. The third-order valence-electron chi connectivity index (χ3n) is 4.02. The summed E-state index contributed by atoms with van der Waals surface area (Å²) in [5.74, 6) is 1.78. The molecular weight excluding hydrogens is 314 g/mol. The first-order valence-corrected chi connectivity index (χ1v) is 8.03. The molecular formula is C16H20BrN3. The predicted octanol–water partition coefficient (Wildman–Crippen LogP) is 3.49. The van der Waals surface area contributed by atoms with E-state index < -0.39 is 0 Å². The molecule has 20 heavy (non-hydrogen) atoms. The van der Waals surface area contributed by atoms with E-state index in [1.165, 1.54) is 24.9 Å². The van der Waals surface area contributed by atoms with Gasteiger partial charge in [-0.15, -0.1) is 0 Å². The van der Waals surface area contributed by atoms with E-state index >= 15 is 0 Å². The zero-order chi connectivity index (χ0) is 13.9. The van der Waals surface area contributed by atoms with Crippen molar-refractivity contribution in [1.29, 1.82) is 0 Å². The van der Waals surface area contributed by atoms with Gasteiger partial charge in [0.05, 0.1) is 5.69 Å². The number of aromatic nitrogens is 2. The molecule has 1 unspecified atom stereocenters. The Morgan fingerprint density at radius 3 is 3.00 bits per heavy atom. The van der Waals surface area contributed by atoms with E-state index in [1.807, 2.05) is 19.3 Å². The van der Waals surface area contributed by atoms with Crippen molar-refractivity contribution in [2.45, 2.75) is 26.2 Å². The molecule has 1 aromatic carbocycles. The number of nitrogens with one attached hydrogen (secondary N) is 1. The number of imidazole rings is 1. The van der Waals surface area contributed by atoms with E-state index in [4.69, 9.17) is 0 Å². The number of benzene rings is 1. The van der Waals surface area contributed by atoms with Crippen molar-refractivity contribution in [1.82, 2.24) is 14.9 Å². The summed E-state index contributed by atoms with van der Waals surface area (Å²) < 4.78 is 3.25. The van der Waals surface area contributed by atoms with Crippen molar-refractivity contribution in [2.75, 3.05) is 13.1 Å². The molecule has 0 aliphatic carbocycles. The molecule has 0 bridgehead atoms. The molecule has 1 aliphatic rings. The fraction of sp³-hybridized carbons (Fsp3) is 0.438. The van der Waals surface area contributed by atoms with Gasteiger partial charge < -0.3 is 9.88 Å². The molecule has 2 heterocycles. The minimum Gasteiger partial charge on any atom is -0.316 e. The molecule has 3 rings (SSSR count). The first-order valence-electron chi connectivity index (χ1n) is 7.23. The second-order valence-corrected chi connectivity index (χ2v) is 6.40. The summed E-state index contributed by atoms with van der Waals surface area (Å²) in [4.78, 5) is 4.28. The Morgan fingerprint density at radius 2 is 2.35 bits per heavy atom. The normalized spacial score (nSPS) is 19.2. The lowest BCUT2D eigenvalue weighted by Gasteiger charge is -2.23. The summed E-state index contributed by atoms with van der Waals surface area (Å²) in [6, 6.07) is 6.68. The van der Waals surface area contributed by atoms with Crippen LogP contribution in [0.1, 0.15) is 24.2 Å². The Morgan fingerprint density at radius 1 is 1.45 bits per heavy atom. The van der Waals surface area contributed by atoms with Gasteiger partial charge in [-0.3, -0.25) is 0 Å². The Labute approximate surface area is 128 Å². The monoisotopic (exact) mass is 333 g/mol. The van der Waals surface area contributed by atoms with Crippen LogP contribution in [0.15, 0.2) is 35.1 Å². The van der Waals surface area contributed by atoms with Gasteiger partial charge in [0.2, 0.25) is 0 Å². The van der Waals surface area contributed by atoms with Crippen LogP contribution in [0.3, 0.4) is 0 Å². The molecule has 0 amide bonds. The van der Waals surface area contributed by atoms with Crippen molar-refractivity contribution in [3.8, 4) is 5.69 Å². The van der Waals surface area contributed by atoms with Crippen LogP contribution in [0.2, 0.25) is 0 Å². The van der Waals surface area contributed by atoms with Crippen LogP contribution in [-0.2, 0) is 6.42 Å². The van der Waals surface area contributed by atoms with Crippen molar-refractivity contribution in [2.24, 2.45) is 5.92 Å². The molecule has 0 saturated carbocycles. The average molecular weight is 334 g/mol. The molecule has 1 N–H and O–H groups in total. The summed E-state index contributed by atoms with van der Waals surface area (Å²) in [5, 5.41) is 3.49. The quantitative estimate of drug-likeness (QED) is 0.931. The van der Waals surface area contributed by atoms with Crippen LogP contribution in [0.25, 0.3) is 5.69 Å². The molecule has 4 heteroatoms. The van der Waals surface area contributed by atoms with Gasteiger partial charge in [-0.05, 0) is 78.8 Å². The average Bonchev–Trinajstić information content (AvgIpc) is 2.86. The largest absolute Gasteiger partial charge is 0.316 e. The summed E-state index contributed by atoms with van der Waals surface area (Å²) >= 11 is 3.70. The van der Waals surface area contributed by atoms with Crippen LogP contribution in [-0.4, -0.2) is 22.6 Å². The van der Waals surface area contributed by atoms with E-state index in [2.05, 4.69) is 49.0 Å². The molecule has 0 spiro atoms. The molecule has 1 aromatic heterocycles. The smallest absolute Gasteiger partial charge is 0.110 e. The molecule has 1 aliphatic heterocycles. The molecule has 3 nitrogen and oxygen atoms in total. The number of hydrogen-bond acceptors (Lipinski definition) is 2. The van der Waals surface area contributed by atoms with Crippen molar-refractivity contribution >= 4 is 15.9 Å². The SMILES string of the molecule is Cc1nccn1-c1ccc(CC2CCCNC2)cc1Br. The minimum absolute atomic E-state index is 0.775. The Balaban J connectivity index is 1.79. The van der Waals surface area contributed by atoms with Crippen molar-refractivity contribution in [3.63, 3.8) is 0 Å². The molecule has 106 valence electrons. The Bertz CT molecular complexity index is 585. The second-order valence-electron chi connectivity index (χ2n) is 5.55. The van der Waals surface area contributed by atoms with Crippen molar-refractivity contribution < 1.29 is 0 Å². The van der Waals surface area contributed by atoms with Gasteiger partial charge >= 0.3 is 0 Å². The maximum Gasteiger partial charge on any atom is 0.110 e. The highest BCUT2D eigenvalue weighted by atomic mass is 79.9. The van der Waals surface area contributed by atoms with E-state index in [0.29, 0.717) is 0 Å². The minimum atomic E-state index is 0.775. The summed E-state index contributed by atoms with van der Waals surface area (Å²) in [6.45, 7) is 4.35. The van der Waals surface area contributed by atoms with Crippen LogP contribution < -0.4 is 5.32 Å². The zero-order valence-corrected chi connectivity index (χ0v) is 13.4. The van der Waals surface area contributed by atoms with Crippen molar-refractivity contribution in [3.05, 3.63) is 46.5 Å². The van der Waals surface area contributed by atoms with Crippen LogP contribution in [0.5, 0.6) is 0 Å². The van der Waals surface area contributed by atoms with Crippen LogP contribution in [0, 0.1) is 12.8 Å². The van der Waals surface area contributed by atoms with Gasteiger partial charge in [0, 0.05) is 16.9 Å². The fourth-order valence-electron chi connectivity index (χ4n) is 2.94. The summed E-state index contributed by atoms with van der Waals surface area (Å²) in [6.07, 6.45) is 7.64. The van der Waals surface area contributed by atoms with E-state index in [-0.39, 0.29) is 0 Å². The first kappa shape index (κ1) is 13.8. The number of hydrogen-bond donors (Lipinski definition) is 1. The molecule has 1 saturated heterocycles. The highest BCUT2D eigenvalue weighted by molar-refractivity contribution is 9.10. The lowest BCUT2D eigenvalue weighted by Crippen LogP contribution is -2.30. The third-order valence-corrected chi connectivity index (χ3v) is 4.66. The first-order chi connectivity index (χ1) is 9.74. The van der Waals surface area contributed by atoms with Gasteiger partial charge in [-0.1, -0.05) is 6.07 Å². The lowest BCUT2D eigenvalue weighted by molar-refractivity contribution is 0.376. The van der Waals surface area contributed by atoms with Gasteiger partial charge in [-0.25, -0.2) is 4.98 Å². The molecule has 2 aromatic rings. The molecule has 0 radical (unpaired) electrons. The second kappa shape index (κ2) is 6.10. The van der Waals surface area contributed by atoms with E-state index in [0.717, 1.165) is 34.9 Å². The van der Waals surface area contributed by atoms with Gasteiger partial charge in [0.25, 0.3) is 0 Å². The fourth-order valence-corrected chi connectivity index (χ4v) is 3.55. The van der Waals surface area contributed by atoms with E-state index in [1.54, 1.807) is 0 Å². The van der Waals surface area contributed by atoms with Crippen LogP contribution in [0.4, 0.5) is 0 Å². The predicted molar refractivity (Wildman–Crippen MR) is 85.3 cm³/mol. The number of aryl methyl sites for hydroxylation is 1. The van der Waals surface area contributed by atoms with Gasteiger partial charge in [-0.2, -0.15) is 0 Å². The van der Waals surface area contributed by atoms with Gasteiger partial charge in [0.1, 0.15) is 5.82 Å². The standard InChI is InChI=1S/C16H20BrN3/c1-12-19-7-8-20(12)16-5-4-13(10-15(16)17)9-14-3-2-6-18-11-14/h4-5,7-8,10,14,18H,2-3,6,9,11H2,1H3.